The van der Waals surface area contributed by atoms with E-state index in [1.165, 1.54) is 18.2 Å². The predicted octanol–water partition coefficient (Wildman–Crippen LogP) is 2.63. The van der Waals surface area contributed by atoms with Gasteiger partial charge in [-0.3, -0.25) is 19.7 Å². The number of benzene rings is 2. The molecular weight excluding hydrogens is 466 g/mol. The third kappa shape index (κ3) is 4.64. The van der Waals surface area contributed by atoms with Crippen LogP contribution < -0.4 is 20.7 Å². The van der Waals surface area contributed by atoms with Crippen molar-refractivity contribution < 1.29 is 23.9 Å². The largest absolute Gasteiger partial charge is 0.483 e. The molecule has 0 unspecified atom stereocenters. The molecule has 1 saturated heterocycles. The summed E-state index contributed by atoms with van der Waals surface area (Å²) in [5, 5.41) is 2.44. The molecule has 148 valence electrons. The van der Waals surface area contributed by atoms with E-state index in [0.717, 1.165) is 4.90 Å². The molecule has 0 atom stereocenters. The molecule has 0 aromatic heterocycles. The van der Waals surface area contributed by atoms with Crippen molar-refractivity contribution in [2.45, 2.75) is 0 Å². The molecule has 0 aliphatic carbocycles. The lowest BCUT2D eigenvalue weighted by Crippen LogP contribution is -2.54. The van der Waals surface area contributed by atoms with Gasteiger partial charge in [-0.25, -0.2) is 9.69 Å². The number of urea groups is 1. The third-order valence-corrected chi connectivity index (χ3v) is 4.54. The van der Waals surface area contributed by atoms with Gasteiger partial charge in [0.05, 0.1) is 5.69 Å². The van der Waals surface area contributed by atoms with E-state index in [1.54, 1.807) is 30.3 Å². The molecule has 2 aromatic carbocycles. The van der Waals surface area contributed by atoms with E-state index in [0.29, 0.717) is 15.1 Å². The Bertz CT molecular complexity index is 1070. The Morgan fingerprint density at radius 3 is 2.66 bits per heavy atom. The van der Waals surface area contributed by atoms with Crippen molar-refractivity contribution in [2.24, 2.45) is 5.73 Å². The van der Waals surface area contributed by atoms with Crippen LogP contribution in [-0.4, -0.2) is 30.4 Å². The minimum absolute atomic E-state index is 0.206. The lowest BCUT2D eigenvalue weighted by Gasteiger charge is -2.26. The van der Waals surface area contributed by atoms with Gasteiger partial charge < -0.3 is 10.5 Å². The number of imide groups is 2. The monoisotopic (exact) mass is 477 g/mol. The number of rotatable bonds is 5. The average Bonchev–Trinajstić information content (AvgIpc) is 2.64. The molecule has 0 radical (unpaired) electrons. The van der Waals surface area contributed by atoms with Gasteiger partial charge in [-0.15, -0.1) is 0 Å². The number of ether oxygens (including phenoxy) is 1. The second kappa shape index (κ2) is 8.46. The van der Waals surface area contributed by atoms with Crippen molar-refractivity contribution in [3.05, 3.63) is 63.1 Å². The van der Waals surface area contributed by atoms with Crippen LogP contribution in [0.2, 0.25) is 5.02 Å². The number of halogens is 2. The molecule has 10 heteroatoms. The van der Waals surface area contributed by atoms with E-state index in [1.807, 2.05) is 0 Å². The summed E-state index contributed by atoms with van der Waals surface area (Å²) < 4.78 is 5.97. The van der Waals surface area contributed by atoms with Crippen LogP contribution in [-0.2, 0) is 14.4 Å². The van der Waals surface area contributed by atoms with E-state index in [-0.39, 0.29) is 23.6 Å². The molecule has 3 N–H and O–H groups in total. The summed E-state index contributed by atoms with van der Waals surface area (Å²) in [4.78, 5) is 49.3. The van der Waals surface area contributed by atoms with Crippen LogP contribution in [0.25, 0.3) is 6.08 Å². The zero-order chi connectivity index (χ0) is 21.1. The Balaban J connectivity index is 2.03. The summed E-state index contributed by atoms with van der Waals surface area (Å²) in [5.41, 5.74) is 5.34. The van der Waals surface area contributed by atoms with Gasteiger partial charge in [-0.1, -0.05) is 33.6 Å². The van der Waals surface area contributed by atoms with Crippen molar-refractivity contribution >= 4 is 63.0 Å². The van der Waals surface area contributed by atoms with Crippen LogP contribution in [0.3, 0.4) is 0 Å². The van der Waals surface area contributed by atoms with E-state index >= 15 is 0 Å². The van der Waals surface area contributed by atoms with E-state index in [4.69, 9.17) is 22.1 Å². The van der Waals surface area contributed by atoms with Crippen molar-refractivity contribution in [1.82, 2.24) is 5.32 Å². The Morgan fingerprint density at radius 1 is 1.21 bits per heavy atom. The third-order valence-electron chi connectivity index (χ3n) is 3.81. The van der Waals surface area contributed by atoms with Crippen LogP contribution in [0.1, 0.15) is 5.56 Å². The van der Waals surface area contributed by atoms with Crippen LogP contribution in [0.5, 0.6) is 5.75 Å². The summed E-state index contributed by atoms with van der Waals surface area (Å²) in [6.07, 6.45) is 1.27. The van der Waals surface area contributed by atoms with E-state index in [2.05, 4.69) is 21.2 Å². The van der Waals surface area contributed by atoms with Gasteiger partial charge in [0.1, 0.15) is 11.3 Å². The first-order chi connectivity index (χ1) is 13.8. The lowest BCUT2D eigenvalue weighted by molar-refractivity contribution is -0.123. The predicted molar refractivity (Wildman–Crippen MR) is 109 cm³/mol. The molecule has 1 aliphatic heterocycles. The number of barbiturate groups is 1. The van der Waals surface area contributed by atoms with Gasteiger partial charge in [-0.05, 0) is 42.5 Å². The first-order valence-electron chi connectivity index (χ1n) is 8.14. The Hall–Kier alpha value is -3.17. The number of anilines is 1. The second-order valence-corrected chi connectivity index (χ2v) is 7.23. The molecule has 0 bridgehead atoms. The Morgan fingerprint density at radius 2 is 1.97 bits per heavy atom. The second-order valence-electron chi connectivity index (χ2n) is 5.87. The highest BCUT2D eigenvalue weighted by molar-refractivity contribution is 9.10. The van der Waals surface area contributed by atoms with E-state index < -0.39 is 23.8 Å². The molecule has 0 spiro atoms. The summed E-state index contributed by atoms with van der Waals surface area (Å²) in [6, 6.07) is 9.99. The molecule has 29 heavy (non-hydrogen) atoms. The molecule has 1 heterocycles. The van der Waals surface area contributed by atoms with E-state index in [9.17, 15) is 19.2 Å². The number of amides is 5. The first kappa shape index (κ1) is 20.6. The molecule has 2 aromatic rings. The summed E-state index contributed by atoms with van der Waals surface area (Å²) >= 11 is 9.24. The number of carbonyl (C=O) groups is 4. The summed E-state index contributed by atoms with van der Waals surface area (Å²) in [5.74, 6) is -2.15. The molecule has 1 aliphatic rings. The first-order valence-corrected chi connectivity index (χ1v) is 9.31. The minimum Gasteiger partial charge on any atom is -0.483 e. The SMILES string of the molecule is NC(=O)COc1ccc(Br)cc1/C=C1\C(=O)NC(=O)N(c2cccc(Cl)c2)C1=O. The number of hydrogen-bond acceptors (Lipinski definition) is 5. The molecule has 5 amide bonds. The number of nitrogens with two attached hydrogens (primary N) is 1. The standard InChI is InChI=1S/C19H13BrClN3O5/c20-11-4-5-15(29-9-16(22)25)10(6-11)7-14-17(26)23-19(28)24(18(14)27)13-3-1-2-12(21)8-13/h1-8H,9H2,(H2,22,25)(H,23,26,28)/b14-7+. The summed E-state index contributed by atoms with van der Waals surface area (Å²) in [6.45, 7) is -0.384. The zero-order valence-corrected chi connectivity index (χ0v) is 17.0. The molecule has 1 fully saturated rings. The minimum atomic E-state index is -0.890. The highest BCUT2D eigenvalue weighted by Gasteiger charge is 2.37. The van der Waals surface area contributed by atoms with Crippen molar-refractivity contribution in [3.63, 3.8) is 0 Å². The van der Waals surface area contributed by atoms with Gasteiger partial charge >= 0.3 is 6.03 Å². The van der Waals surface area contributed by atoms with Gasteiger partial charge in [0.2, 0.25) is 0 Å². The Kier molecular flexibility index (Phi) is 6.00. The molecular formula is C19H13BrClN3O5. The maximum absolute atomic E-state index is 12.9. The van der Waals surface area contributed by atoms with Crippen LogP contribution in [0, 0.1) is 0 Å². The highest BCUT2D eigenvalue weighted by atomic mass is 79.9. The van der Waals surface area contributed by atoms with Crippen LogP contribution >= 0.6 is 27.5 Å². The quantitative estimate of drug-likeness (QED) is 0.506. The normalized spacial score (nSPS) is 15.4. The molecule has 0 saturated carbocycles. The van der Waals surface area contributed by atoms with Crippen LogP contribution in [0.15, 0.2) is 52.5 Å². The summed E-state index contributed by atoms with van der Waals surface area (Å²) in [7, 11) is 0. The number of carbonyl (C=O) groups excluding carboxylic acids is 4. The highest BCUT2D eigenvalue weighted by Crippen LogP contribution is 2.28. The topological polar surface area (TPSA) is 119 Å². The Labute approximate surface area is 178 Å². The number of nitrogens with zero attached hydrogens (tertiary/aromatic N) is 1. The number of primary amides is 1. The number of hydrogen-bond donors (Lipinski definition) is 2. The molecule has 3 rings (SSSR count). The lowest BCUT2D eigenvalue weighted by atomic mass is 10.1. The van der Waals surface area contributed by atoms with Crippen molar-refractivity contribution in [2.75, 3.05) is 11.5 Å². The van der Waals surface area contributed by atoms with Crippen molar-refractivity contribution in [1.29, 1.82) is 0 Å². The fourth-order valence-corrected chi connectivity index (χ4v) is 3.14. The maximum atomic E-state index is 12.9. The van der Waals surface area contributed by atoms with Gasteiger partial charge in [0, 0.05) is 15.1 Å². The van der Waals surface area contributed by atoms with Crippen LogP contribution in [0.4, 0.5) is 10.5 Å². The smallest absolute Gasteiger partial charge is 0.335 e. The fraction of sp³-hybridized carbons (Fsp3) is 0.0526. The van der Waals surface area contributed by atoms with Gasteiger partial charge in [0.25, 0.3) is 17.7 Å². The fourth-order valence-electron chi connectivity index (χ4n) is 2.58. The van der Waals surface area contributed by atoms with Gasteiger partial charge in [-0.2, -0.15) is 0 Å². The molecule has 8 nitrogen and oxygen atoms in total. The maximum Gasteiger partial charge on any atom is 0.335 e. The van der Waals surface area contributed by atoms with Crippen molar-refractivity contribution in [3.8, 4) is 5.75 Å². The average molecular weight is 479 g/mol. The zero-order valence-electron chi connectivity index (χ0n) is 14.6. The number of nitrogens with one attached hydrogen (secondary N) is 1. The van der Waals surface area contributed by atoms with Gasteiger partial charge in [0.15, 0.2) is 6.61 Å².